The molecule has 56 heavy (non-hydrogen) atoms. The maximum Gasteiger partial charge on any atom is 0.143 e. The predicted molar refractivity (Wildman–Crippen MR) is 233 cm³/mol. The molecular formula is C53H33NOS. The van der Waals surface area contributed by atoms with Crippen LogP contribution in [-0.4, -0.2) is 0 Å². The third kappa shape index (κ3) is 4.35. The molecule has 1 aliphatic heterocycles. The number of nitrogens with zero attached hydrogens (tertiary/aromatic N) is 1. The van der Waals surface area contributed by atoms with Crippen molar-refractivity contribution < 1.29 is 4.42 Å². The molecule has 1 spiro atoms. The van der Waals surface area contributed by atoms with Crippen molar-refractivity contribution in [1.29, 1.82) is 0 Å². The summed E-state index contributed by atoms with van der Waals surface area (Å²) in [6.45, 7) is 0. The van der Waals surface area contributed by atoms with Crippen LogP contribution in [0.5, 0.6) is 0 Å². The number of hydrogen-bond acceptors (Lipinski definition) is 3. The molecule has 0 radical (unpaired) electrons. The topological polar surface area (TPSA) is 16.4 Å². The van der Waals surface area contributed by atoms with E-state index < -0.39 is 5.41 Å². The summed E-state index contributed by atoms with van der Waals surface area (Å²) in [5, 5.41) is 4.71. The lowest BCUT2D eigenvalue weighted by atomic mass is 9.67. The molecular weight excluding hydrogens is 699 g/mol. The van der Waals surface area contributed by atoms with Crippen LogP contribution in [0.25, 0.3) is 55.0 Å². The van der Waals surface area contributed by atoms with Crippen LogP contribution >= 0.6 is 11.8 Å². The molecule has 10 aromatic rings. The predicted octanol–water partition coefficient (Wildman–Crippen LogP) is 14.7. The van der Waals surface area contributed by atoms with E-state index in [2.05, 4.69) is 193 Å². The molecule has 0 saturated carbocycles. The van der Waals surface area contributed by atoms with Gasteiger partial charge in [-0.15, -0.1) is 0 Å². The average molecular weight is 732 g/mol. The highest BCUT2D eigenvalue weighted by Crippen LogP contribution is 2.64. The lowest BCUT2D eigenvalue weighted by Gasteiger charge is -2.42. The normalized spacial score (nSPS) is 13.4. The number of fused-ring (bicyclic) bond motifs is 13. The third-order valence-corrected chi connectivity index (χ3v) is 13.1. The van der Waals surface area contributed by atoms with Crippen molar-refractivity contribution in [1.82, 2.24) is 0 Å². The summed E-state index contributed by atoms with van der Waals surface area (Å²) in [6.07, 6.45) is 0. The average Bonchev–Trinajstić information content (AvgIpc) is 3.79. The monoisotopic (exact) mass is 731 g/mol. The van der Waals surface area contributed by atoms with Crippen LogP contribution in [-0.2, 0) is 5.41 Å². The van der Waals surface area contributed by atoms with Crippen LogP contribution in [0.2, 0.25) is 0 Å². The smallest absolute Gasteiger partial charge is 0.143 e. The maximum atomic E-state index is 6.48. The van der Waals surface area contributed by atoms with E-state index >= 15 is 0 Å². The molecule has 1 aliphatic carbocycles. The Morgan fingerprint density at radius 1 is 0.429 bits per heavy atom. The molecule has 0 N–H and O–H groups in total. The molecule has 2 aliphatic rings. The Morgan fingerprint density at radius 3 is 1.80 bits per heavy atom. The van der Waals surface area contributed by atoms with E-state index in [0.29, 0.717) is 0 Å². The summed E-state index contributed by atoms with van der Waals surface area (Å²) in [5.41, 5.74) is 14.9. The molecule has 0 unspecified atom stereocenters. The van der Waals surface area contributed by atoms with E-state index in [1.165, 1.54) is 59.6 Å². The summed E-state index contributed by atoms with van der Waals surface area (Å²) in [6, 6.07) is 73.2. The van der Waals surface area contributed by atoms with Gasteiger partial charge in [0.05, 0.1) is 11.1 Å². The van der Waals surface area contributed by atoms with E-state index in [4.69, 9.17) is 4.42 Å². The van der Waals surface area contributed by atoms with Crippen molar-refractivity contribution >= 4 is 61.5 Å². The molecule has 2 nitrogen and oxygen atoms in total. The first-order valence-corrected chi connectivity index (χ1v) is 20.0. The van der Waals surface area contributed by atoms with Gasteiger partial charge in [0.2, 0.25) is 0 Å². The fourth-order valence-electron chi connectivity index (χ4n) is 9.60. The van der Waals surface area contributed by atoms with Crippen molar-refractivity contribution in [2.24, 2.45) is 0 Å². The van der Waals surface area contributed by atoms with Gasteiger partial charge in [0, 0.05) is 42.9 Å². The zero-order valence-corrected chi connectivity index (χ0v) is 31.1. The minimum Gasteiger partial charge on any atom is -0.455 e. The fourth-order valence-corrected chi connectivity index (χ4v) is 10.9. The molecule has 9 aromatic carbocycles. The van der Waals surface area contributed by atoms with Crippen LogP contribution in [0.4, 0.5) is 17.1 Å². The highest BCUT2D eigenvalue weighted by atomic mass is 32.2. The number of hydrogen-bond donors (Lipinski definition) is 0. The van der Waals surface area contributed by atoms with E-state index in [1.54, 1.807) is 0 Å². The molecule has 0 amide bonds. The Labute approximate surface area is 329 Å². The van der Waals surface area contributed by atoms with E-state index in [1.807, 2.05) is 23.9 Å². The molecule has 2 heterocycles. The van der Waals surface area contributed by atoms with Gasteiger partial charge in [-0.05, 0) is 86.8 Å². The van der Waals surface area contributed by atoms with Gasteiger partial charge in [0.15, 0.2) is 0 Å². The first kappa shape index (κ1) is 31.5. The van der Waals surface area contributed by atoms with Gasteiger partial charge in [0.1, 0.15) is 11.2 Å². The minimum atomic E-state index is -0.485. The number of para-hydroxylation sites is 3. The quantitative estimate of drug-likeness (QED) is 0.179. The summed E-state index contributed by atoms with van der Waals surface area (Å²) in [5.74, 6) is 0. The van der Waals surface area contributed by atoms with Crippen LogP contribution in [0, 0.1) is 0 Å². The second kappa shape index (κ2) is 12.1. The molecule has 0 fully saturated rings. The van der Waals surface area contributed by atoms with Gasteiger partial charge in [-0.2, -0.15) is 0 Å². The first-order chi connectivity index (χ1) is 27.8. The standard InChI is InChI=1S/C53H33NOS/c1-2-16-36(17-3-1)54(37-31-29-34(30-32-37)39-22-14-23-43-42-21-8-12-27-48(42)55-51(39)43)50-38-18-5-4-15-35(38)33-47-52(50)56-49-28-13-11-26-46(49)53(47)44-24-9-6-19-40(44)41-20-7-10-25-45(41)53/h1-33H. The third-order valence-electron chi connectivity index (χ3n) is 11.9. The summed E-state index contributed by atoms with van der Waals surface area (Å²) in [4.78, 5) is 5.04. The lowest BCUT2D eigenvalue weighted by Crippen LogP contribution is -2.32. The molecule has 0 atom stereocenters. The second-order valence-electron chi connectivity index (χ2n) is 14.8. The van der Waals surface area contributed by atoms with Crippen molar-refractivity contribution in [3.63, 3.8) is 0 Å². The Kier molecular flexibility index (Phi) is 6.81. The SMILES string of the molecule is c1ccc(N(c2ccc(-c3cccc4c3oc3ccccc34)cc2)c2c3c(cc4ccccc24)C2(c4ccccc4S3)c3ccccc3-c3ccccc32)cc1. The Bertz CT molecular complexity index is 3130. The summed E-state index contributed by atoms with van der Waals surface area (Å²) >= 11 is 1.90. The van der Waals surface area contributed by atoms with Gasteiger partial charge >= 0.3 is 0 Å². The van der Waals surface area contributed by atoms with Crippen LogP contribution in [0.3, 0.4) is 0 Å². The van der Waals surface area contributed by atoms with E-state index in [0.717, 1.165) is 44.4 Å². The van der Waals surface area contributed by atoms with Crippen LogP contribution < -0.4 is 4.90 Å². The molecule has 1 aromatic heterocycles. The molecule has 12 rings (SSSR count). The maximum absolute atomic E-state index is 6.48. The van der Waals surface area contributed by atoms with Gasteiger partial charge < -0.3 is 9.32 Å². The molecule has 0 saturated heterocycles. The van der Waals surface area contributed by atoms with Gasteiger partial charge in [-0.1, -0.05) is 169 Å². The molecule has 0 bridgehead atoms. The van der Waals surface area contributed by atoms with Crippen LogP contribution in [0.15, 0.2) is 214 Å². The number of furan rings is 1. The fraction of sp³-hybridized carbons (Fsp3) is 0.0189. The highest BCUT2D eigenvalue weighted by Gasteiger charge is 2.51. The van der Waals surface area contributed by atoms with E-state index in [9.17, 15) is 0 Å². The number of benzene rings is 9. The zero-order valence-electron chi connectivity index (χ0n) is 30.3. The highest BCUT2D eigenvalue weighted by molar-refractivity contribution is 7.99. The van der Waals surface area contributed by atoms with Gasteiger partial charge in [-0.25, -0.2) is 0 Å². The molecule has 262 valence electrons. The Hall–Kier alpha value is -6.81. The first-order valence-electron chi connectivity index (χ1n) is 19.2. The summed E-state index contributed by atoms with van der Waals surface area (Å²) in [7, 11) is 0. The second-order valence-corrected chi connectivity index (χ2v) is 15.8. The number of anilines is 3. The molecule has 3 heteroatoms. The van der Waals surface area contributed by atoms with Crippen LogP contribution in [0.1, 0.15) is 22.3 Å². The van der Waals surface area contributed by atoms with E-state index in [-0.39, 0.29) is 0 Å². The summed E-state index contributed by atoms with van der Waals surface area (Å²) < 4.78 is 6.48. The largest absolute Gasteiger partial charge is 0.455 e. The zero-order chi connectivity index (χ0) is 36.8. The lowest BCUT2D eigenvalue weighted by molar-refractivity contribution is 0.670. The van der Waals surface area contributed by atoms with Crippen molar-refractivity contribution in [2.75, 3.05) is 4.90 Å². The van der Waals surface area contributed by atoms with Gasteiger partial charge in [-0.3, -0.25) is 0 Å². The Balaban J connectivity index is 1.13. The Morgan fingerprint density at radius 2 is 1.02 bits per heavy atom. The van der Waals surface area contributed by atoms with Crippen molar-refractivity contribution in [3.05, 3.63) is 222 Å². The number of rotatable bonds is 4. The van der Waals surface area contributed by atoms with Crippen molar-refractivity contribution in [3.8, 4) is 22.3 Å². The van der Waals surface area contributed by atoms with Crippen molar-refractivity contribution in [2.45, 2.75) is 15.2 Å². The minimum absolute atomic E-state index is 0.485. The van der Waals surface area contributed by atoms with Gasteiger partial charge in [0.25, 0.3) is 0 Å².